The number of carbonyl (C=O) groups is 2. The Morgan fingerprint density at radius 1 is 0.710 bits per heavy atom. The molecule has 0 unspecified atom stereocenters. The van der Waals surface area contributed by atoms with Gasteiger partial charge in [0, 0.05) is 0 Å². The van der Waals surface area contributed by atoms with E-state index in [1.165, 1.54) is 41.0 Å². The lowest BCUT2D eigenvalue weighted by molar-refractivity contribution is 0.0600. The highest BCUT2D eigenvalue weighted by molar-refractivity contribution is 5.96. The summed E-state index contributed by atoms with van der Waals surface area (Å²) in [5.41, 5.74) is 8.76. The molecule has 0 atom stereocenters. The Balaban J connectivity index is 1.82. The van der Waals surface area contributed by atoms with Crippen LogP contribution in [0.15, 0.2) is 48.5 Å². The first kappa shape index (κ1) is 22.3. The van der Waals surface area contributed by atoms with Crippen LogP contribution in [0.25, 0.3) is 0 Å². The van der Waals surface area contributed by atoms with Crippen LogP contribution in [0.2, 0.25) is 0 Å². The van der Waals surface area contributed by atoms with Gasteiger partial charge in [0.2, 0.25) is 0 Å². The summed E-state index contributed by atoms with van der Waals surface area (Å²) in [7, 11) is 1.31. The van der Waals surface area contributed by atoms with Crippen molar-refractivity contribution in [3.63, 3.8) is 0 Å². The maximum atomic E-state index is 12.7. The molecule has 0 fully saturated rings. The quantitative estimate of drug-likeness (QED) is 0.388. The first-order valence-electron chi connectivity index (χ1n) is 10.3. The molecule has 0 saturated heterocycles. The number of esters is 2. The number of hydrogen-bond acceptors (Lipinski definition) is 4. The SMILES string of the molecule is COC(=O)c1cccc(C(=O)Oc2c(C)cc(Cc3cc(C)c(C)c(C)c3)cc2C)c1. The molecular weight excluding hydrogens is 388 g/mol. The highest BCUT2D eigenvalue weighted by atomic mass is 16.5. The Bertz CT molecular complexity index is 1110. The van der Waals surface area contributed by atoms with Gasteiger partial charge in [-0.2, -0.15) is 0 Å². The Morgan fingerprint density at radius 2 is 1.19 bits per heavy atom. The third kappa shape index (κ3) is 5.02. The van der Waals surface area contributed by atoms with Gasteiger partial charge in [0.1, 0.15) is 5.75 Å². The average molecular weight is 417 g/mol. The molecule has 4 nitrogen and oxygen atoms in total. The fraction of sp³-hybridized carbons (Fsp3) is 0.259. The molecule has 0 aliphatic carbocycles. The van der Waals surface area contributed by atoms with Gasteiger partial charge in [-0.1, -0.05) is 30.3 Å². The molecule has 0 aliphatic rings. The molecule has 0 aliphatic heterocycles. The summed E-state index contributed by atoms with van der Waals surface area (Å²) in [6.07, 6.45) is 0.818. The number of benzene rings is 3. The number of carbonyl (C=O) groups excluding carboxylic acids is 2. The van der Waals surface area contributed by atoms with Crippen LogP contribution in [0.4, 0.5) is 0 Å². The van der Waals surface area contributed by atoms with Crippen molar-refractivity contribution in [1.82, 2.24) is 0 Å². The zero-order valence-corrected chi connectivity index (χ0v) is 19.0. The molecule has 0 aromatic heterocycles. The number of ether oxygens (including phenoxy) is 2. The summed E-state index contributed by atoms with van der Waals surface area (Å²) >= 11 is 0. The first-order valence-corrected chi connectivity index (χ1v) is 10.3. The van der Waals surface area contributed by atoms with Gasteiger partial charge in [0.15, 0.2) is 0 Å². The Hall–Kier alpha value is -3.40. The molecule has 0 heterocycles. The van der Waals surface area contributed by atoms with Gasteiger partial charge in [0.05, 0.1) is 18.2 Å². The predicted molar refractivity (Wildman–Crippen MR) is 122 cm³/mol. The highest BCUT2D eigenvalue weighted by Crippen LogP contribution is 2.28. The van der Waals surface area contributed by atoms with Crippen LogP contribution >= 0.6 is 0 Å². The van der Waals surface area contributed by atoms with Gasteiger partial charge >= 0.3 is 11.9 Å². The molecule has 0 spiro atoms. The summed E-state index contributed by atoms with van der Waals surface area (Å²) in [4.78, 5) is 24.4. The van der Waals surface area contributed by atoms with E-state index >= 15 is 0 Å². The average Bonchev–Trinajstić information content (AvgIpc) is 2.74. The minimum Gasteiger partial charge on any atom is -0.465 e. The standard InChI is InChI=1S/C27H28O4/c1-16-10-21(11-17(2)20(16)5)14-22-12-18(3)25(19(4)13-22)31-27(29)24-9-7-8-23(15-24)26(28)30-6/h7-13,15H,14H2,1-6H3. The predicted octanol–water partition coefficient (Wildman–Crippen LogP) is 5.83. The molecule has 4 heteroatoms. The summed E-state index contributed by atoms with van der Waals surface area (Å²) < 4.78 is 10.4. The molecule has 0 N–H and O–H groups in total. The van der Waals surface area contributed by atoms with E-state index in [1.807, 2.05) is 13.8 Å². The largest absolute Gasteiger partial charge is 0.465 e. The number of aryl methyl sites for hydroxylation is 4. The van der Waals surface area contributed by atoms with Crippen LogP contribution in [0.1, 0.15) is 59.7 Å². The lowest BCUT2D eigenvalue weighted by atomic mass is 9.95. The lowest BCUT2D eigenvalue weighted by Gasteiger charge is -2.14. The van der Waals surface area contributed by atoms with E-state index in [2.05, 4.69) is 45.0 Å². The van der Waals surface area contributed by atoms with Crippen LogP contribution in [-0.4, -0.2) is 19.0 Å². The van der Waals surface area contributed by atoms with Crippen molar-refractivity contribution >= 4 is 11.9 Å². The summed E-state index contributed by atoms with van der Waals surface area (Å²) in [5, 5.41) is 0. The molecule has 0 radical (unpaired) electrons. The fourth-order valence-corrected chi connectivity index (χ4v) is 3.81. The van der Waals surface area contributed by atoms with E-state index in [9.17, 15) is 9.59 Å². The molecule has 3 aromatic carbocycles. The number of rotatable bonds is 5. The smallest absolute Gasteiger partial charge is 0.343 e. The van der Waals surface area contributed by atoms with Gasteiger partial charge in [-0.15, -0.1) is 0 Å². The Morgan fingerprint density at radius 3 is 1.71 bits per heavy atom. The lowest BCUT2D eigenvalue weighted by Crippen LogP contribution is -2.12. The molecule has 160 valence electrons. The normalized spacial score (nSPS) is 10.6. The van der Waals surface area contributed by atoms with Crippen LogP contribution < -0.4 is 4.74 Å². The van der Waals surface area contributed by atoms with Crippen molar-refractivity contribution in [2.24, 2.45) is 0 Å². The summed E-state index contributed by atoms with van der Waals surface area (Å²) in [6.45, 7) is 10.3. The van der Waals surface area contributed by atoms with E-state index in [1.54, 1.807) is 18.2 Å². The van der Waals surface area contributed by atoms with E-state index in [-0.39, 0.29) is 0 Å². The van der Waals surface area contributed by atoms with Gasteiger partial charge < -0.3 is 9.47 Å². The second-order valence-electron chi connectivity index (χ2n) is 8.05. The molecule has 3 rings (SSSR count). The monoisotopic (exact) mass is 416 g/mol. The van der Waals surface area contributed by atoms with Gasteiger partial charge in [-0.25, -0.2) is 9.59 Å². The van der Waals surface area contributed by atoms with Gasteiger partial charge in [0.25, 0.3) is 0 Å². The molecule has 3 aromatic rings. The molecule has 0 saturated carbocycles. The van der Waals surface area contributed by atoms with Crippen LogP contribution in [0, 0.1) is 34.6 Å². The van der Waals surface area contributed by atoms with E-state index < -0.39 is 11.9 Å². The van der Waals surface area contributed by atoms with Crippen LogP contribution in [-0.2, 0) is 11.2 Å². The number of methoxy groups -OCH3 is 1. The minimum absolute atomic E-state index is 0.302. The van der Waals surface area contributed by atoms with Crippen molar-refractivity contribution in [2.75, 3.05) is 7.11 Å². The zero-order valence-electron chi connectivity index (χ0n) is 19.0. The third-order valence-corrected chi connectivity index (χ3v) is 5.63. The zero-order chi connectivity index (χ0) is 22.7. The van der Waals surface area contributed by atoms with E-state index in [0.717, 1.165) is 17.5 Å². The summed E-state index contributed by atoms with van der Waals surface area (Å²) in [5.74, 6) is -0.448. The van der Waals surface area contributed by atoms with Gasteiger partial charge in [-0.05, 0) is 98.2 Å². The summed E-state index contributed by atoms with van der Waals surface area (Å²) in [6, 6.07) is 14.9. The van der Waals surface area contributed by atoms with Crippen molar-refractivity contribution in [3.8, 4) is 5.75 Å². The third-order valence-electron chi connectivity index (χ3n) is 5.63. The molecule has 31 heavy (non-hydrogen) atoms. The van der Waals surface area contributed by atoms with E-state index in [4.69, 9.17) is 9.47 Å². The Kier molecular flexibility index (Phi) is 6.59. The topological polar surface area (TPSA) is 52.6 Å². The van der Waals surface area contributed by atoms with Crippen LogP contribution in [0.3, 0.4) is 0 Å². The second-order valence-corrected chi connectivity index (χ2v) is 8.05. The van der Waals surface area contributed by atoms with Crippen molar-refractivity contribution in [1.29, 1.82) is 0 Å². The van der Waals surface area contributed by atoms with Crippen molar-refractivity contribution < 1.29 is 19.1 Å². The first-order chi connectivity index (χ1) is 14.7. The maximum absolute atomic E-state index is 12.7. The fourth-order valence-electron chi connectivity index (χ4n) is 3.81. The molecular formula is C27H28O4. The van der Waals surface area contributed by atoms with Crippen molar-refractivity contribution in [2.45, 2.75) is 41.0 Å². The van der Waals surface area contributed by atoms with Gasteiger partial charge in [-0.3, -0.25) is 0 Å². The number of hydrogen-bond donors (Lipinski definition) is 0. The molecule has 0 bridgehead atoms. The van der Waals surface area contributed by atoms with E-state index in [0.29, 0.717) is 16.9 Å². The maximum Gasteiger partial charge on any atom is 0.343 e. The minimum atomic E-state index is -0.505. The second kappa shape index (κ2) is 9.17. The Labute approximate surface area is 183 Å². The van der Waals surface area contributed by atoms with Crippen LogP contribution in [0.5, 0.6) is 5.75 Å². The highest BCUT2D eigenvalue weighted by Gasteiger charge is 2.16. The van der Waals surface area contributed by atoms with Crippen molar-refractivity contribution in [3.05, 3.63) is 98.6 Å². The molecule has 0 amide bonds.